The highest BCUT2D eigenvalue weighted by Crippen LogP contribution is 2.24. The van der Waals surface area contributed by atoms with Crippen molar-refractivity contribution in [3.63, 3.8) is 0 Å². The Balaban J connectivity index is 2.45. The van der Waals surface area contributed by atoms with Crippen LogP contribution in [0.15, 0.2) is 22.6 Å². The summed E-state index contributed by atoms with van der Waals surface area (Å²) in [6.45, 7) is 7.18. The van der Waals surface area contributed by atoms with Gasteiger partial charge in [-0.3, -0.25) is 0 Å². The molecule has 1 aromatic heterocycles. The number of rotatable bonds is 2. The minimum atomic E-state index is -1.36. The quantitative estimate of drug-likeness (QED) is 0.471. The Morgan fingerprint density at radius 1 is 1.38 bits per heavy atom. The molecule has 112 valence electrons. The average molecular weight is 327 g/mol. The van der Waals surface area contributed by atoms with E-state index in [1.54, 1.807) is 19.1 Å². The predicted molar refractivity (Wildman–Crippen MR) is 86.9 cm³/mol. The zero-order valence-electron chi connectivity index (χ0n) is 12.3. The number of aryl methyl sites for hydroxylation is 1. The summed E-state index contributed by atoms with van der Waals surface area (Å²) in [7, 11) is 0. The first-order valence-corrected chi connectivity index (χ1v) is 7.90. The third-order valence-corrected chi connectivity index (χ3v) is 4.61. The van der Waals surface area contributed by atoms with Crippen LogP contribution in [0.5, 0.6) is 0 Å². The van der Waals surface area contributed by atoms with Crippen LogP contribution in [-0.2, 0) is 11.4 Å². The van der Waals surface area contributed by atoms with Gasteiger partial charge in [0.15, 0.2) is 0 Å². The van der Waals surface area contributed by atoms with Gasteiger partial charge in [-0.2, -0.15) is 0 Å². The molecular formula is C15H16ClFN2OS. The van der Waals surface area contributed by atoms with E-state index in [0.29, 0.717) is 16.6 Å². The van der Waals surface area contributed by atoms with E-state index in [-0.39, 0.29) is 11.0 Å². The fourth-order valence-corrected chi connectivity index (χ4v) is 2.42. The topological polar surface area (TPSA) is 48.3 Å². The molecule has 1 heterocycles. The van der Waals surface area contributed by atoms with Crippen LogP contribution in [0.1, 0.15) is 31.9 Å². The van der Waals surface area contributed by atoms with Crippen molar-refractivity contribution < 1.29 is 8.94 Å². The van der Waals surface area contributed by atoms with Crippen LogP contribution in [0.2, 0.25) is 5.15 Å². The molecule has 0 bridgehead atoms. The summed E-state index contributed by atoms with van der Waals surface area (Å²) in [5, 5.41) is 0.979. The Morgan fingerprint density at radius 3 is 2.67 bits per heavy atom. The first-order chi connectivity index (χ1) is 9.70. The summed E-state index contributed by atoms with van der Waals surface area (Å²) in [5.41, 5.74) is 1.54. The highest BCUT2D eigenvalue weighted by Gasteiger charge is 2.26. The molecule has 6 heteroatoms. The number of nitrogens with zero attached hydrogens (tertiary/aromatic N) is 2. The maximum atomic E-state index is 13.5. The van der Waals surface area contributed by atoms with Crippen molar-refractivity contribution in [1.29, 1.82) is 0 Å². The van der Waals surface area contributed by atoms with E-state index in [1.165, 1.54) is 12.3 Å². The molecule has 0 amide bonds. The van der Waals surface area contributed by atoms with Gasteiger partial charge in [-0.05, 0) is 45.9 Å². The lowest BCUT2D eigenvalue weighted by Gasteiger charge is -2.17. The van der Waals surface area contributed by atoms with E-state index < -0.39 is 16.1 Å². The van der Waals surface area contributed by atoms with Crippen molar-refractivity contribution in [3.8, 4) is 0 Å². The number of halogens is 2. The maximum Gasteiger partial charge on any atom is 0.144 e. The lowest BCUT2D eigenvalue weighted by molar-refractivity contribution is 0.562. The van der Waals surface area contributed by atoms with Crippen molar-refractivity contribution in [2.24, 2.45) is 4.40 Å². The van der Waals surface area contributed by atoms with Crippen LogP contribution < -0.4 is 0 Å². The molecule has 1 atom stereocenters. The SMILES string of the molecule is Cc1c(F)ccc2cc(C=N[S+]([O-])C(C)(C)C)c(Cl)nc12. The van der Waals surface area contributed by atoms with Crippen molar-refractivity contribution in [2.75, 3.05) is 0 Å². The third kappa shape index (κ3) is 3.54. The summed E-state index contributed by atoms with van der Waals surface area (Å²) in [6, 6.07) is 4.79. The number of aromatic nitrogens is 1. The van der Waals surface area contributed by atoms with Gasteiger partial charge in [0.05, 0.1) is 11.7 Å². The van der Waals surface area contributed by atoms with E-state index in [4.69, 9.17) is 11.6 Å². The normalized spacial score (nSPS) is 14.0. The van der Waals surface area contributed by atoms with E-state index in [9.17, 15) is 8.94 Å². The largest absolute Gasteiger partial charge is 0.591 e. The Bertz CT molecular complexity index is 713. The molecule has 0 saturated carbocycles. The summed E-state index contributed by atoms with van der Waals surface area (Å²) in [6.07, 6.45) is 1.45. The highest BCUT2D eigenvalue weighted by atomic mass is 35.5. The maximum absolute atomic E-state index is 13.5. The molecule has 1 aromatic carbocycles. The molecule has 0 radical (unpaired) electrons. The Labute approximate surface area is 131 Å². The van der Waals surface area contributed by atoms with Crippen LogP contribution in [0.25, 0.3) is 10.9 Å². The number of hydrogen-bond acceptors (Lipinski definition) is 3. The lowest BCUT2D eigenvalue weighted by Crippen LogP contribution is -2.25. The van der Waals surface area contributed by atoms with E-state index in [1.807, 2.05) is 20.8 Å². The summed E-state index contributed by atoms with van der Waals surface area (Å²) >= 11 is 4.74. The molecular weight excluding hydrogens is 311 g/mol. The second-order valence-electron chi connectivity index (χ2n) is 5.71. The second kappa shape index (κ2) is 5.91. The van der Waals surface area contributed by atoms with Gasteiger partial charge >= 0.3 is 0 Å². The molecule has 3 nitrogen and oxygen atoms in total. The number of hydrogen-bond donors (Lipinski definition) is 0. The van der Waals surface area contributed by atoms with Gasteiger partial charge in [-0.15, -0.1) is 0 Å². The lowest BCUT2D eigenvalue weighted by atomic mass is 10.1. The average Bonchev–Trinajstić information content (AvgIpc) is 2.40. The first-order valence-electron chi connectivity index (χ1n) is 6.41. The molecule has 0 aliphatic carbocycles. The molecule has 0 aliphatic rings. The Hall–Kier alpha value is -1.17. The van der Waals surface area contributed by atoms with Crippen LogP contribution in [0.4, 0.5) is 4.39 Å². The van der Waals surface area contributed by atoms with Gasteiger partial charge in [0.1, 0.15) is 27.1 Å². The monoisotopic (exact) mass is 326 g/mol. The van der Waals surface area contributed by atoms with Crippen LogP contribution in [0.3, 0.4) is 0 Å². The molecule has 0 N–H and O–H groups in total. The molecule has 0 saturated heterocycles. The van der Waals surface area contributed by atoms with Crippen LogP contribution in [-0.4, -0.2) is 20.5 Å². The van der Waals surface area contributed by atoms with Gasteiger partial charge in [0.2, 0.25) is 0 Å². The smallest absolute Gasteiger partial charge is 0.144 e. The van der Waals surface area contributed by atoms with Crippen LogP contribution in [0, 0.1) is 12.7 Å². The Kier molecular flexibility index (Phi) is 4.56. The molecule has 1 unspecified atom stereocenters. The van der Waals surface area contributed by atoms with Crippen molar-refractivity contribution in [3.05, 3.63) is 40.3 Å². The molecule has 0 fully saturated rings. The fraction of sp³-hybridized carbons (Fsp3) is 0.333. The van der Waals surface area contributed by atoms with Gasteiger partial charge in [-0.1, -0.05) is 16.0 Å². The van der Waals surface area contributed by atoms with Crippen molar-refractivity contribution in [2.45, 2.75) is 32.4 Å². The zero-order chi connectivity index (χ0) is 15.8. The number of benzene rings is 1. The van der Waals surface area contributed by atoms with E-state index in [0.717, 1.165) is 5.39 Å². The highest BCUT2D eigenvalue weighted by molar-refractivity contribution is 7.91. The third-order valence-electron chi connectivity index (χ3n) is 2.97. The van der Waals surface area contributed by atoms with Crippen LogP contribution >= 0.6 is 11.6 Å². The fourth-order valence-electron chi connectivity index (χ4n) is 1.70. The van der Waals surface area contributed by atoms with Gasteiger partial charge in [0, 0.05) is 16.5 Å². The van der Waals surface area contributed by atoms with Crippen molar-refractivity contribution >= 4 is 40.1 Å². The van der Waals surface area contributed by atoms with Gasteiger partial charge in [-0.25, -0.2) is 9.37 Å². The number of fused-ring (bicyclic) bond motifs is 1. The van der Waals surface area contributed by atoms with Gasteiger partial charge in [0.25, 0.3) is 0 Å². The summed E-state index contributed by atoms with van der Waals surface area (Å²) < 4.78 is 29.0. The minimum Gasteiger partial charge on any atom is -0.591 e. The van der Waals surface area contributed by atoms with Crippen molar-refractivity contribution in [1.82, 2.24) is 4.98 Å². The Morgan fingerprint density at radius 2 is 2.05 bits per heavy atom. The molecule has 2 rings (SSSR count). The molecule has 0 spiro atoms. The standard InChI is InChI=1S/C15H16ClFN2OS/c1-9-12(17)6-5-10-7-11(14(16)19-13(9)10)8-18-21(20)15(2,3)4/h5-8H,1-4H3. The predicted octanol–water partition coefficient (Wildman–Crippen LogP) is 4.22. The summed E-state index contributed by atoms with van der Waals surface area (Å²) in [5.74, 6) is -0.318. The first kappa shape index (κ1) is 16.2. The minimum absolute atomic E-state index is 0.214. The van der Waals surface area contributed by atoms with E-state index >= 15 is 0 Å². The number of pyridine rings is 1. The molecule has 21 heavy (non-hydrogen) atoms. The van der Waals surface area contributed by atoms with Gasteiger partial charge < -0.3 is 4.55 Å². The molecule has 0 aliphatic heterocycles. The molecule has 2 aromatic rings. The second-order valence-corrected chi connectivity index (χ2v) is 8.00. The zero-order valence-corrected chi connectivity index (χ0v) is 13.8. The van der Waals surface area contributed by atoms with E-state index in [2.05, 4.69) is 9.38 Å². The summed E-state index contributed by atoms with van der Waals surface area (Å²) in [4.78, 5) is 4.21.